The summed E-state index contributed by atoms with van der Waals surface area (Å²) in [5.41, 5.74) is -0.118. The number of carbonyl (C=O) groups is 1. The summed E-state index contributed by atoms with van der Waals surface area (Å²) in [7, 11) is -2.17. The van der Waals surface area contributed by atoms with E-state index >= 15 is 0 Å². The van der Waals surface area contributed by atoms with Crippen molar-refractivity contribution >= 4 is 27.4 Å². The number of esters is 1. The molecule has 156 valence electrons. The van der Waals surface area contributed by atoms with Crippen molar-refractivity contribution in [2.75, 3.05) is 13.4 Å². The summed E-state index contributed by atoms with van der Waals surface area (Å²) >= 11 is 5.88. The molecule has 30 heavy (non-hydrogen) atoms. The first-order chi connectivity index (χ1) is 14.2. The fourth-order valence-corrected chi connectivity index (χ4v) is 3.35. The molecule has 2 aromatic carbocycles. The van der Waals surface area contributed by atoms with Gasteiger partial charge in [0.1, 0.15) is 17.9 Å². The van der Waals surface area contributed by atoms with E-state index in [-0.39, 0.29) is 28.6 Å². The molecule has 0 saturated carbocycles. The zero-order valence-corrected chi connectivity index (χ0v) is 17.6. The molecule has 0 N–H and O–H groups in total. The number of halogens is 1. The van der Waals surface area contributed by atoms with E-state index < -0.39 is 21.2 Å². The summed E-state index contributed by atoms with van der Waals surface area (Å²) in [6.07, 6.45) is 0.843. The SMILES string of the molecule is COC(=O)Cc1cc(=O)c(Oc2ccc(Cl)cc2)c(-c2ccc(S(C)(=O)=O)cc2)o1. The number of benzene rings is 2. The van der Waals surface area contributed by atoms with Gasteiger partial charge < -0.3 is 13.9 Å². The molecule has 9 heteroatoms. The highest BCUT2D eigenvalue weighted by atomic mass is 35.5. The lowest BCUT2D eigenvalue weighted by Crippen LogP contribution is -2.11. The van der Waals surface area contributed by atoms with Crippen LogP contribution in [0.4, 0.5) is 0 Å². The van der Waals surface area contributed by atoms with Gasteiger partial charge in [-0.25, -0.2) is 8.42 Å². The molecule has 3 aromatic rings. The van der Waals surface area contributed by atoms with Gasteiger partial charge >= 0.3 is 5.97 Å². The van der Waals surface area contributed by atoms with E-state index in [1.165, 1.54) is 31.4 Å². The van der Waals surface area contributed by atoms with Crippen LogP contribution in [0.15, 0.2) is 68.7 Å². The van der Waals surface area contributed by atoms with Gasteiger partial charge in [-0.1, -0.05) is 11.6 Å². The number of ether oxygens (including phenoxy) is 2. The van der Waals surface area contributed by atoms with E-state index in [1.54, 1.807) is 24.3 Å². The number of carbonyl (C=O) groups excluding carboxylic acids is 1. The molecule has 1 aromatic heterocycles. The monoisotopic (exact) mass is 448 g/mol. The van der Waals surface area contributed by atoms with E-state index in [0.29, 0.717) is 16.3 Å². The molecule has 0 radical (unpaired) electrons. The van der Waals surface area contributed by atoms with Gasteiger partial charge in [-0.15, -0.1) is 0 Å². The summed E-state index contributed by atoms with van der Waals surface area (Å²) in [5, 5.41) is 0.499. The van der Waals surface area contributed by atoms with Crippen LogP contribution in [0.2, 0.25) is 5.02 Å². The Morgan fingerprint density at radius 1 is 1.07 bits per heavy atom. The van der Waals surface area contributed by atoms with E-state index in [9.17, 15) is 18.0 Å². The van der Waals surface area contributed by atoms with E-state index in [2.05, 4.69) is 4.74 Å². The molecule has 0 fully saturated rings. The molecule has 1 heterocycles. The van der Waals surface area contributed by atoms with Gasteiger partial charge in [0, 0.05) is 22.9 Å². The number of methoxy groups -OCH3 is 1. The van der Waals surface area contributed by atoms with Gasteiger partial charge in [-0.2, -0.15) is 0 Å². The van der Waals surface area contributed by atoms with Crippen LogP contribution in [-0.4, -0.2) is 27.8 Å². The number of sulfone groups is 1. The van der Waals surface area contributed by atoms with Crippen molar-refractivity contribution in [2.45, 2.75) is 11.3 Å². The standard InChI is InChI=1S/C21H17ClO7S/c1-27-19(24)12-16-11-18(23)21(28-15-7-5-14(22)6-8-15)20(29-16)13-3-9-17(10-4-13)30(2,25)26/h3-11H,12H2,1-2H3. The molecule has 0 spiro atoms. The largest absolute Gasteiger partial charge is 0.469 e. The van der Waals surface area contributed by atoms with Crippen molar-refractivity contribution in [1.29, 1.82) is 0 Å². The Morgan fingerprint density at radius 2 is 1.70 bits per heavy atom. The van der Waals surface area contributed by atoms with Crippen LogP contribution < -0.4 is 10.2 Å². The fourth-order valence-electron chi connectivity index (χ4n) is 2.59. The minimum Gasteiger partial charge on any atom is -0.469 e. The van der Waals surface area contributed by atoms with E-state index in [4.69, 9.17) is 20.8 Å². The Morgan fingerprint density at radius 3 is 2.27 bits per heavy atom. The molecule has 0 aliphatic heterocycles. The van der Waals surface area contributed by atoms with Crippen LogP contribution in [0.25, 0.3) is 11.3 Å². The number of hydrogen-bond acceptors (Lipinski definition) is 7. The fraction of sp³-hybridized carbons (Fsp3) is 0.143. The van der Waals surface area contributed by atoms with Crippen LogP contribution >= 0.6 is 11.6 Å². The molecule has 0 saturated heterocycles. The second-order valence-electron chi connectivity index (χ2n) is 6.34. The maximum atomic E-state index is 12.7. The first kappa shape index (κ1) is 21.6. The van der Waals surface area contributed by atoms with Crippen LogP contribution in [-0.2, 0) is 25.8 Å². The predicted octanol–water partition coefficient (Wildman–Crippen LogP) is 3.87. The Hall–Kier alpha value is -3.10. The molecule has 7 nitrogen and oxygen atoms in total. The first-order valence-electron chi connectivity index (χ1n) is 8.65. The van der Waals surface area contributed by atoms with Crippen LogP contribution in [0.1, 0.15) is 5.76 Å². The third-order valence-corrected chi connectivity index (χ3v) is 5.46. The zero-order chi connectivity index (χ0) is 21.9. The topological polar surface area (TPSA) is 99.9 Å². The maximum Gasteiger partial charge on any atom is 0.313 e. The Balaban J connectivity index is 2.12. The smallest absolute Gasteiger partial charge is 0.313 e. The average Bonchev–Trinajstić information content (AvgIpc) is 2.70. The second-order valence-corrected chi connectivity index (χ2v) is 8.79. The van der Waals surface area contributed by atoms with Crippen molar-refractivity contribution in [2.24, 2.45) is 0 Å². The Labute approximate surface area is 177 Å². The quantitative estimate of drug-likeness (QED) is 0.527. The molecule has 0 atom stereocenters. The molecule has 0 bridgehead atoms. The second kappa shape index (κ2) is 8.73. The lowest BCUT2D eigenvalue weighted by atomic mass is 10.1. The molecule has 0 unspecified atom stereocenters. The Bertz CT molecular complexity index is 1230. The lowest BCUT2D eigenvalue weighted by Gasteiger charge is -2.12. The van der Waals surface area contributed by atoms with Crippen molar-refractivity contribution < 1.29 is 27.1 Å². The lowest BCUT2D eigenvalue weighted by molar-refractivity contribution is -0.140. The summed E-state index contributed by atoms with van der Waals surface area (Å²) in [4.78, 5) is 24.5. The molecular formula is C21H17ClO7S. The molecule has 0 aliphatic carbocycles. The highest BCUT2D eigenvalue weighted by Gasteiger charge is 2.19. The van der Waals surface area contributed by atoms with Gasteiger partial charge in [0.05, 0.1) is 12.0 Å². The van der Waals surface area contributed by atoms with Crippen molar-refractivity contribution in [3.8, 4) is 22.8 Å². The van der Waals surface area contributed by atoms with Crippen LogP contribution in [0, 0.1) is 0 Å². The van der Waals surface area contributed by atoms with Gasteiger partial charge in [0.15, 0.2) is 15.6 Å². The van der Waals surface area contributed by atoms with Gasteiger partial charge in [-0.05, 0) is 48.5 Å². The van der Waals surface area contributed by atoms with Crippen LogP contribution in [0.3, 0.4) is 0 Å². The molecular weight excluding hydrogens is 432 g/mol. The number of rotatable bonds is 6. The first-order valence-corrected chi connectivity index (χ1v) is 10.9. The van der Waals surface area contributed by atoms with Crippen molar-refractivity contribution in [3.05, 3.63) is 75.6 Å². The molecule has 3 rings (SSSR count). The predicted molar refractivity (Wildman–Crippen MR) is 111 cm³/mol. The average molecular weight is 449 g/mol. The minimum atomic E-state index is -3.40. The van der Waals surface area contributed by atoms with Crippen LogP contribution in [0.5, 0.6) is 11.5 Å². The van der Waals surface area contributed by atoms with Gasteiger partial charge in [0.25, 0.3) is 0 Å². The summed E-state index contributed by atoms with van der Waals surface area (Å²) in [6, 6.07) is 13.3. The van der Waals surface area contributed by atoms with Crippen molar-refractivity contribution in [1.82, 2.24) is 0 Å². The summed E-state index contributed by atoms with van der Waals surface area (Å²) < 4.78 is 39.6. The zero-order valence-electron chi connectivity index (χ0n) is 16.0. The summed E-state index contributed by atoms with van der Waals surface area (Å²) in [5.74, 6) is -0.212. The summed E-state index contributed by atoms with van der Waals surface area (Å²) in [6.45, 7) is 0. The normalized spacial score (nSPS) is 11.2. The third kappa shape index (κ3) is 5.08. The van der Waals surface area contributed by atoms with Crippen molar-refractivity contribution in [3.63, 3.8) is 0 Å². The van der Waals surface area contributed by atoms with E-state index in [0.717, 1.165) is 12.3 Å². The number of hydrogen-bond donors (Lipinski definition) is 0. The van der Waals surface area contributed by atoms with Gasteiger partial charge in [0.2, 0.25) is 11.2 Å². The third-order valence-electron chi connectivity index (χ3n) is 4.08. The Kier molecular flexibility index (Phi) is 6.28. The van der Waals surface area contributed by atoms with E-state index in [1.807, 2.05) is 0 Å². The van der Waals surface area contributed by atoms with Gasteiger partial charge in [-0.3, -0.25) is 9.59 Å². The highest BCUT2D eigenvalue weighted by molar-refractivity contribution is 7.90. The maximum absolute atomic E-state index is 12.7. The molecule has 0 aliphatic rings. The highest BCUT2D eigenvalue weighted by Crippen LogP contribution is 2.32. The minimum absolute atomic E-state index is 0.0522. The molecule has 0 amide bonds.